The van der Waals surface area contributed by atoms with E-state index in [1.54, 1.807) is 7.05 Å². The molecule has 0 radical (unpaired) electrons. The van der Waals surface area contributed by atoms with Gasteiger partial charge in [0.05, 0.1) is 12.0 Å². The van der Waals surface area contributed by atoms with Crippen molar-refractivity contribution in [2.45, 2.75) is 38.5 Å². The van der Waals surface area contributed by atoms with Crippen LogP contribution in [0.3, 0.4) is 0 Å². The Morgan fingerprint density at radius 1 is 1.17 bits per heavy atom. The third kappa shape index (κ3) is 3.63. The quantitative estimate of drug-likeness (QED) is 0.776. The molecule has 134 valence electrons. The molecule has 0 spiro atoms. The summed E-state index contributed by atoms with van der Waals surface area (Å²) in [6.45, 7) is 6.32. The lowest BCUT2D eigenvalue weighted by Gasteiger charge is -2.32. The molecule has 1 aromatic rings. The van der Waals surface area contributed by atoms with E-state index in [4.69, 9.17) is 4.84 Å². The van der Waals surface area contributed by atoms with Crippen molar-refractivity contribution in [2.24, 2.45) is 5.92 Å². The van der Waals surface area contributed by atoms with Crippen LogP contribution in [0.25, 0.3) is 0 Å². The Morgan fingerprint density at radius 3 is 2.12 bits per heavy atom. The molecular formula is C17H26N2O4S. The van der Waals surface area contributed by atoms with Crippen LogP contribution >= 0.6 is 0 Å². The Bertz CT molecular complexity index is 699. The van der Waals surface area contributed by atoms with Gasteiger partial charge in [-0.15, -0.1) is 0 Å². The van der Waals surface area contributed by atoms with Crippen molar-refractivity contribution < 1.29 is 18.0 Å². The molecule has 0 unspecified atom stereocenters. The lowest BCUT2D eigenvalue weighted by Crippen LogP contribution is -2.43. The molecule has 1 aromatic carbocycles. The number of rotatable bonds is 4. The van der Waals surface area contributed by atoms with Gasteiger partial charge in [0.15, 0.2) is 0 Å². The Kier molecular flexibility index (Phi) is 5.67. The summed E-state index contributed by atoms with van der Waals surface area (Å²) in [5.41, 5.74) is 2.59. The number of benzene rings is 1. The summed E-state index contributed by atoms with van der Waals surface area (Å²) < 4.78 is 27.5. The number of nitrogens with zero attached hydrogens (tertiary/aromatic N) is 2. The smallest absolute Gasteiger partial charge is 0.249 e. The number of hydrogen-bond donors (Lipinski definition) is 0. The summed E-state index contributed by atoms with van der Waals surface area (Å²) in [7, 11) is -0.519. The first-order valence-corrected chi connectivity index (χ1v) is 9.52. The summed E-state index contributed by atoms with van der Waals surface area (Å²) in [4.78, 5) is 17.5. The highest BCUT2D eigenvalue weighted by molar-refractivity contribution is 7.89. The average molecular weight is 354 g/mol. The molecule has 0 atom stereocenters. The van der Waals surface area contributed by atoms with Gasteiger partial charge >= 0.3 is 0 Å². The number of aryl methyl sites for hydroxylation is 3. The SMILES string of the molecule is CON(C)C(=O)C1CCN(S(=O)(=O)c2c(C)cc(C)cc2C)CC1. The monoisotopic (exact) mass is 354 g/mol. The van der Waals surface area contributed by atoms with E-state index < -0.39 is 10.0 Å². The van der Waals surface area contributed by atoms with Gasteiger partial charge in [-0.1, -0.05) is 17.7 Å². The van der Waals surface area contributed by atoms with Crippen LogP contribution < -0.4 is 0 Å². The summed E-state index contributed by atoms with van der Waals surface area (Å²) in [5, 5.41) is 1.21. The second kappa shape index (κ2) is 7.21. The third-order valence-corrected chi connectivity index (χ3v) is 6.79. The Morgan fingerprint density at radius 2 is 1.67 bits per heavy atom. The van der Waals surface area contributed by atoms with Crippen LogP contribution in [0, 0.1) is 26.7 Å². The summed E-state index contributed by atoms with van der Waals surface area (Å²) in [6.07, 6.45) is 1.02. The van der Waals surface area contributed by atoms with Gasteiger partial charge in [0.2, 0.25) is 15.9 Å². The zero-order chi connectivity index (χ0) is 18.1. The van der Waals surface area contributed by atoms with Gasteiger partial charge in [-0.3, -0.25) is 9.63 Å². The van der Waals surface area contributed by atoms with Gasteiger partial charge in [-0.25, -0.2) is 13.5 Å². The molecule has 0 N–H and O–H groups in total. The van der Waals surface area contributed by atoms with Crippen molar-refractivity contribution in [3.05, 3.63) is 28.8 Å². The molecule has 1 aliphatic rings. The van der Waals surface area contributed by atoms with Crippen LogP contribution in [-0.2, 0) is 19.7 Å². The fourth-order valence-electron chi connectivity index (χ4n) is 3.39. The number of piperidine rings is 1. The van der Waals surface area contributed by atoms with Gasteiger partial charge in [-0.05, 0) is 44.7 Å². The zero-order valence-corrected chi connectivity index (χ0v) is 15.8. The average Bonchev–Trinajstić information content (AvgIpc) is 2.52. The third-order valence-electron chi connectivity index (χ3n) is 4.59. The van der Waals surface area contributed by atoms with Gasteiger partial charge in [0, 0.05) is 26.1 Å². The zero-order valence-electron chi connectivity index (χ0n) is 15.0. The van der Waals surface area contributed by atoms with Crippen molar-refractivity contribution >= 4 is 15.9 Å². The number of sulfonamides is 1. The van der Waals surface area contributed by atoms with Crippen molar-refractivity contribution in [3.63, 3.8) is 0 Å². The molecular weight excluding hydrogens is 328 g/mol. The van der Waals surface area contributed by atoms with Gasteiger partial charge < -0.3 is 0 Å². The van der Waals surface area contributed by atoms with Crippen LogP contribution in [0.5, 0.6) is 0 Å². The number of carbonyl (C=O) groups is 1. The lowest BCUT2D eigenvalue weighted by atomic mass is 9.97. The highest BCUT2D eigenvalue weighted by Crippen LogP contribution is 2.29. The van der Waals surface area contributed by atoms with Gasteiger partial charge in [0.25, 0.3) is 0 Å². The minimum Gasteiger partial charge on any atom is -0.275 e. The highest BCUT2D eigenvalue weighted by atomic mass is 32.2. The summed E-state index contributed by atoms with van der Waals surface area (Å²) >= 11 is 0. The second-order valence-electron chi connectivity index (χ2n) is 6.42. The summed E-state index contributed by atoms with van der Waals surface area (Å²) in [5.74, 6) is -0.293. The maximum Gasteiger partial charge on any atom is 0.249 e. The van der Waals surface area contributed by atoms with Crippen molar-refractivity contribution in [3.8, 4) is 0 Å². The fourth-order valence-corrected chi connectivity index (χ4v) is 5.27. The fraction of sp³-hybridized carbons (Fsp3) is 0.588. The molecule has 7 heteroatoms. The molecule has 0 aliphatic carbocycles. The normalized spacial score (nSPS) is 17.0. The maximum absolute atomic E-state index is 13.0. The van der Waals surface area contributed by atoms with Crippen LogP contribution in [-0.4, -0.2) is 50.9 Å². The highest BCUT2D eigenvalue weighted by Gasteiger charge is 2.34. The van der Waals surface area contributed by atoms with E-state index in [9.17, 15) is 13.2 Å². The van der Waals surface area contributed by atoms with Gasteiger partial charge in [0.1, 0.15) is 0 Å². The molecule has 1 fully saturated rings. The molecule has 0 saturated carbocycles. The van der Waals surface area contributed by atoms with Crippen LogP contribution in [0.1, 0.15) is 29.5 Å². The number of carbonyl (C=O) groups excluding carboxylic acids is 1. The molecule has 1 amide bonds. The minimum atomic E-state index is -3.54. The van der Waals surface area contributed by atoms with E-state index in [0.29, 0.717) is 30.8 Å². The first-order valence-electron chi connectivity index (χ1n) is 8.08. The Labute approximate surface area is 144 Å². The van der Waals surface area contributed by atoms with E-state index in [1.807, 2.05) is 32.9 Å². The summed E-state index contributed by atoms with van der Waals surface area (Å²) in [6, 6.07) is 3.79. The molecule has 2 rings (SSSR count). The van der Waals surface area contributed by atoms with E-state index >= 15 is 0 Å². The Balaban J connectivity index is 2.18. The van der Waals surface area contributed by atoms with E-state index in [2.05, 4.69) is 0 Å². The van der Waals surface area contributed by atoms with Crippen molar-refractivity contribution in [1.29, 1.82) is 0 Å². The topological polar surface area (TPSA) is 66.9 Å². The second-order valence-corrected chi connectivity index (χ2v) is 8.30. The van der Waals surface area contributed by atoms with Crippen LogP contribution in [0.4, 0.5) is 0 Å². The molecule has 1 heterocycles. The largest absolute Gasteiger partial charge is 0.275 e. The molecule has 24 heavy (non-hydrogen) atoms. The van der Waals surface area contributed by atoms with Crippen LogP contribution in [0.15, 0.2) is 17.0 Å². The van der Waals surface area contributed by atoms with E-state index in [-0.39, 0.29) is 11.8 Å². The predicted molar refractivity (Wildman–Crippen MR) is 91.9 cm³/mol. The first-order chi connectivity index (χ1) is 11.2. The van der Waals surface area contributed by atoms with Crippen LogP contribution in [0.2, 0.25) is 0 Å². The van der Waals surface area contributed by atoms with E-state index in [1.165, 1.54) is 16.5 Å². The number of amides is 1. The number of hydrogen-bond acceptors (Lipinski definition) is 4. The standard InChI is InChI=1S/C17H26N2O4S/c1-12-10-13(2)16(14(3)11-12)24(21,22)19-8-6-15(7-9-19)17(20)18(4)23-5/h10-11,15H,6-9H2,1-5H3. The van der Waals surface area contributed by atoms with Crippen molar-refractivity contribution in [1.82, 2.24) is 9.37 Å². The minimum absolute atomic E-state index is 0.0998. The molecule has 1 saturated heterocycles. The molecule has 0 bridgehead atoms. The van der Waals surface area contributed by atoms with Crippen molar-refractivity contribution in [2.75, 3.05) is 27.2 Å². The maximum atomic E-state index is 13.0. The molecule has 1 aliphatic heterocycles. The predicted octanol–water partition coefficient (Wildman–Crippen LogP) is 2.03. The van der Waals surface area contributed by atoms with Gasteiger partial charge in [-0.2, -0.15) is 4.31 Å². The lowest BCUT2D eigenvalue weighted by molar-refractivity contribution is -0.174. The van der Waals surface area contributed by atoms with E-state index in [0.717, 1.165) is 16.7 Å². The molecule has 0 aromatic heterocycles. The molecule has 6 nitrogen and oxygen atoms in total. The Hall–Kier alpha value is -1.44. The first kappa shape index (κ1) is 18.9. The number of hydroxylamine groups is 2.